The SMILES string of the molecule is CCN(CCn1ccc(N)n1)Cc1ccccc1. The number of aromatic nitrogens is 2. The molecular weight excluding hydrogens is 224 g/mol. The lowest BCUT2D eigenvalue weighted by Crippen LogP contribution is -2.27. The van der Waals surface area contributed by atoms with Crippen LogP contribution in [0.1, 0.15) is 12.5 Å². The second kappa shape index (κ2) is 6.21. The van der Waals surface area contributed by atoms with E-state index in [1.165, 1.54) is 5.56 Å². The molecule has 1 heterocycles. The van der Waals surface area contributed by atoms with E-state index in [1.807, 2.05) is 23.0 Å². The first kappa shape index (κ1) is 12.6. The zero-order valence-corrected chi connectivity index (χ0v) is 10.8. The van der Waals surface area contributed by atoms with Gasteiger partial charge in [0.15, 0.2) is 0 Å². The molecule has 1 aromatic heterocycles. The molecule has 0 fully saturated rings. The second-order valence-electron chi connectivity index (χ2n) is 4.36. The second-order valence-corrected chi connectivity index (χ2v) is 4.36. The van der Waals surface area contributed by atoms with Crippen molar-refractivity contribution in [2.24, 2.45) is 0 Å². The molecule has 0 unspecified atom stereocenters. The summed E-state index contributed by atoms with van der Waals surface area (Å²) in [6.07, 6.45) is 1.92. The van der Waals surface area contributed by atoms with Crippen LogP contribution in [0.2, 0.25) is 0 Å². The van der Waals surface area contributed by atoms with Crippen LogP contribution >= 0.6 is 0 Å². The molecule has 1 aromatic carbocycles. The molecule has 2 aromatic rings. The van der Waals surface area contributed by atoms with Gasteiger partial charge in [0.05, 0.1) is 6.54 Å². The van der Waals surface area contributed by atoms with Gasteiger partial charge in [-0.2, -0.15) is 5.10 Å². The largest absolute Gasteiger partial charge is 0.382 e. The standard InChI is InChI=1S/C14H20N4/c1-2-17(12-13-6-4-3-5-7-13)10-11-18-9-8-14(15)16-18/h3-9H,2,10-12H2,1H3,(H2,15,16). The van der Waals surface area contributed by atoms with Gasteiger partial charge in [-0.1, -0.05) is 37.3 Å². The fraction of sp³-hybridized carbons (Fsp3) is 0.357. The van der Waals surface area contributed by atoms with Crippen molar-refractivity contribution in [3.63, 3.8) is 0 Å². The normalized spacial score (nSPS) is 11.0. The number of hydrogen-bond acceptors (Lipinski definition) is 3. The van der Waals surface area contributed by atoms with E-state index in [2.05, 4.69) is 41.2 Å². The third-order valence-corrected chi connectivity index (χ3v) is 3.00. The molecule has 0 aliphatic rings. The Hall–Kier alpha value is -1.81. The predicted molar refractivity (Wildman–Crippen MR) is 74.0 cm³/mol. The van der Waals surface area contributed by atoms with Crippen LogP contribution in [0.25, 0.3) is 0 Å². The quantitative estimate of drug-likeness (QED) is 0.845. The van der Waals surface area contributed by atoms with E-state index in [0.29, 0.717) is 5.82 Å². The lowest BCUT2D eigenvalue weighted by atomic mass is 10.2. The summed E-state index contributed by atoms with van der Waals surface area (Å²) in [4.78, 5) is 2.40. The number of rotatable bonds is 6. The highest BCUT2D eigenvalue weighted by Gasteiger charge is 2.04. The Bertz CT molecular complexity index is 464. The molecule has 0 radical (unpaired) electrons. The smallest absolute Gasteiger partial charge is 0.145 e. The van der Waals surface area contributed by atoms with Crippen LogP contribution in [0.15, 0.2) is 42.6 Å². The predicted octanol–water partition coefficient (Wildman–Crippen LogP) is 1.99. The summed E-state index contributed by atoms with van der Waals surface area (Å²) < 4.78 is 1.89. The van der Waals surface area contributed by atoms with Gasteiger partial charge in [0.2, 0.25) is 0 Å². The van der Waals surface area contributed by atoms with Gasteiger partial charge in [0, 0.05) is 19.3 Å². The summed E-state index contributed by atoms with van der Waals surface area (Å²) in [5.41, 5.74) is 6.94. The molecule has 0 saturated heterocycles. The molecular formula is C14H20N4. The first-order valence-electron chi connectivity index (χ1n) is 6.33. The average molecular weight is 244 g/mol. The van der Waals surface area contributed by atoms with E-state index in [-0.39, 0.29) is 0 Å². The van der Waals surface area contributed by atoms with Crippen LogP contribution in [-0.4, -0.2) is 27.8 Å². The van der Waals surface area contributed by atoms with Crippen molar-refractivity contribution in [1.29, 1.82) is 0 Å². The molecule has 0 saturated carbocycles. The zero-order valence-electron chi connectivity index (χ0n) is 10.8. The Morgan fingerprint density at radius 3 is 2.61 bits per heavy atom. The molecule has 2 rings (SSSR count). The summed E-state index contributed by atoms with van der Waals surface area (Å²) in [5, 5.41) is 4.19. The Morgan fingerprint density at radius 1 is 1.22 bits per heavy atom. The number of likely N-dealkylation sites (N-methyl/N-ethyl adjacent to an activating group) is 1. The van der Waals surface area contributed by atoms with E-state index >= 15 is 0 Å². The third kappa shape index (κ3) is 3.60. The van der Waals surface area contributed by atoms with Gasteiger partial charge >= 0.3 is 0 Å². The van der Waals surface area contributed by atoms with Crippen LogP contribution in [0.3, 0.4) is 0 Å². The fourth-order valence-corrected chi connectivity index (χ4v) is 1.94. The molecule has 0 bridgehead atoms. The van der Waals surface area contributed by atoms with Crippen LogP contribution < -0.4 is 5.73 Å². The van der Waals surface area contributed by atoms with E-state index in [1.54, 1.807) is 0 Å². The first-order chi connectivity index (χ1) is 8.78. The van der Waals surface area contributed by atoms with Crippen molar-refractivity contribution in [1.82, 2.24) is 14.7 Å². The number of hydrogen-bond donors (Lipinski definition) is 1. The number of nitrogens with zero attached hydrogens (tertiary/aromatic N) is 3. The molecule has 4 heteroatoms. The summed E-state index contributed by atoms with van der Waals surface area (Å²) in [7, 11) is 0. The van der Waals surface area contributed by atoms with Gasteiger partial charge in [-0.15, -0.1) is 0 Å². The van der Waals surface area contributed by atoms with Crippen molar-refractivity contribution in [2.75, 3.05) is 18.8 Å². The van der Waals surface area contributed by atoms with E-state index in [9.17, 15) is 0 Å². The highest BCUT2D eigenvalue weighted by atomic mass is 15.3. The van der Waals surface area contributed by atoms with Crippen LogP contribution in [0.4, 0.5) is 5.82 Å². The van der Waals surface area contributed by atoms with Crippen molar-refractivity contribution >= 4 is 5.82 Å². The maximum atomic E-state index is 5.60. The van der Waals surface area contributed by atoms with E-state index in [4.69, 9.17) is 5.73 Å². The van der Waals surface area contributed by atoms with Gasteiger partial charge in [0.1, 0.15) is 5.82 Å². The summed E-state index contributed by atoms with van der Waals surface area (Å²) in [6, 6.07) is 12.4. The molecule has 2 N–H and O–H groups in total. The number of nitrogen functional groups attached to an aromatic ring is 1. The van der Waals surface area contributed by atoms with Crippen molar-refractivity contribution in [3.8, 4) is 0 Å². The van der Waals surface area contributed by atoms with Crippen LogP contribution in [0, 0.1) is 0 Å². The Balaban J connectivity index is 1.86. The highest BCUT2D eigenvalue weighted by molar-refractivity contribution is 5.23. The number of anilines is 1. The summed E-state index contributed by atoms with van der Waals surface area (Å²) in [6.45, 7) is 6.05. The first-order valence-corrected chi connectivity index (χ1v) is 6.33. The topological polar surface area (TPSA) is 47.1 Å². The Morgan fingerprint density at radius 2 is 2.00 bits per heavy atom. The lowest BCUT2D eigenvalue weighted by Gasteiger charge is -2.20. The minimum absolute atomic E-state index is 0.584. The fourth-order valence-electron chi connectivity index (χ4n) is 1.94. The third-order valence-electron chi connectivity index (χ3n) is 3.00. The minimum atomic E-state index is 0.584. The van der Waals surface area contributed by atoms with Crippen LogP contribution in [0.5, 0.6) is 0 Å². The minimum Gasteiger partial charge on any atom is -0.382 e. The Kier molecular flexibility index (Phi) is 4.36. The van der Waals surface area contributed by atoms with Crippen LogP contribution in [-0.2, 0) is 13.1 Å². The van der Waals surface area contributed by atoms with Gasteiger partial charge in [0.25, 0.3) is 0 Å². The van der Waals surface area contributed by atoms with Gasteiger partial charge in [-0.25, -0.2) is 0 Å². The molecule has 0 aliphatic carbocycles. The summed E-state index contributed by atoms with van der Waals surface area (Å²) >= 11 is 0. The zero-order chi connectivity index (χ0) is 12.8. The van der Waals surface area contributed by atoms with Crippen molar-refractivity contribution < 1.29 is 0 Å². The van der Waals surface area contributed by atoms with Crippen molar-refractivity contribution in [2.45, 2.75) is 20.0 Å². The maximum Gasteiger partial charge on any atom is 0.145 e. The lowest BCUT2D eigenvalue weighted by molar-refractivity contribution is 0.263. The maximum absolute atomic E-state index is 5.60. The molecule has 0 spiro atoms. The molecule has 0 amide bonds. The molecule has 0 atom stereocenters. The average Bonchev–Trinajstić information content (AvgIpc) is 2.81. The molecule has 4 nitrogen and oxygen atoms in total. The molecule has 18 heavy (non-hydrogen) atoms. The van der Waals surface area contributed by atoms with Crippen molar-refractivity contribution in [3.05, 3.63) is 48.2 Å². The number of benzene rings is 1. The highest BCUT2D eigenvalue weighted by Crippen LogP contribution is 2.04. The Labute approximate surface area is 108 Å². The van der Waals surface area contributed by atoms with E-state index < -0.39 is 0 Å². The monoisotopic (exact) mass is 244 g/mol. The van der Waals surface area contributed by atoms with E-state index in [0.717, 1.165) is 26.2 Å². The van der Waals surface area contributed by atoms with Gasteiger partial charge in [-0.3, -0.25) is 9.58 Å². The summed E-state index contributed by atoms with van der Waals surface area (Å²) in [5.74, 6) is 0.584. The van der Waals surface area contributed by atoms with Gasteiger partial charge in [-0.05, 0) is 18.2 Å². The number of nitrogens with two attached hydrogens (primary N) is 1. The molecule has 0 aliphatic heterocycles. The molecule has 96 valence electrons. The van der Waals surface area contributed by atoms with Gasteiger partial charge < -0.3 is 5.73 Å².